The van der Waals surface area contributed by atoms with E-state index >= 15 is 0 Å². The minimum Gasteiger partial charge on any atom is -0.495 e. The topological polar surface area (TPSA) is 75.7 Å². The molecule has 1 amide bonds. The highest BCUT2D eigenvalue weighted by Gasteiger charge is 2.40. The maximum absolute atomic E-state index is 13.1. The van der Waals surface area contributed by atoms with Crippen LogP contribution in [0.1, 0.15) is 6.92 Å². The molecule has 6 nitrogen and oxygen atoms in total. The Bertz CT molecular complexity index is 1200. The van der Waals surface area contributed by atoms with Crippen molar-refractivity contribution in [3.8, 4) is 5.75 Å². The Kier molecular flexibility index (Phi) is 4.44. The molecule has 1 aliphatic rings. The van der Waals surface area contributed by atoms with E-state index in [9.17, 15) is 13.2 Å². The van der Waals surface area contributed by atoms with Crippen LogP contribution in [0.25, 0.3) is 10.8 Å². The summed E-state index contributed by atoms with van der Waals surface area (Å²) in [5.41, 5.74) is 0.868. The highest BCUT2D eigenvalue weighted by Crippen LogP contribution is 2.43. The molecular formula is C20H17ClN2O4S. The zero-order chi connectivity index (χ0) is 20.1. The molecule has 0 spiro atoms. The van der Waals surface area contributed by atoms with E-state index in [1.807, 2.05) is 12.1 Å². The molecule has 1 heterocycles. The van der Waals surface area contributed by atoms with Crippen LogP contribution in [0.3, 0.4) is 0 Å². The summed E-state index contributed by atoms with van der Waals surface area (Å²) in [6.45, 7) is 1.55. The van der Waals surface area contributed by atoms with Crippen molar-refractivity contribution in [3.63, 3.8) is 0 Å². The molecule has 8 heteroatoms. The van der Waals surface area contributed by atoms with E-state index in [1.54, 1.807) is 49.4 Å². The number of carbonyl (C=O) groups is 1. The number of methoxy groups -OCH3 is 1. The van der Waals surface area contributed by atoms with Gasteiger partial charge in [-0.05, 0) is 42.6 Å². The van der Waals surface area contributed by atoms with Crippen molar-refractivity contribution in [1.29, 1.82) is 0 Å². The van der Waals surface area contributed by atoms with Gasteiger partial charge in [-0.15, -0.1) is 0 Å². The second-order valence-corrected chi connectivity index (χ2v) is 8.66. The minimum absolute atomic E-state index is 0.209. The lowest BCUT2D eigenvalue weighted by Gasteiger charge is -2.25. The number of nitrogens with one attached hydrogen (secondary N) is 1. The molecule has 1 aliphatic heterocycles. The number of ether oxygens (including phenoxy) is 1. The van der Waals surface area contributed by atoms with E-state index in [4.69, 9.17) is 16.3 Å². The van der Waals surface area contributed by atoms with Gasteiger partial charge in [0.2, 0.25) is 5.91 Å². The number of amides is 1. The monoisotopic (exact) mass is 416 g/mol. The molecule has 4 rings (SSSR count). The van der Waals surface area contributed by atoms with Crippen LogP contribution in [0.15, 0.2) is 59.5 Å². The molecule has 1 atom stereocenters. The number of anilines is 2. The molecule has 0 aromatic heterocycles. The molecule has 0 aliphatic carbocycles. The number of sulfonamides is 1. The van der Waals surface area contributed by atoms with Gasteiger partial charge in [-0.3, -0.25) is 9.10 Å². The molecule has 0 radical (unpaired) electrons. The average molecular weight is 417 g/mol. The number of benzene rings is 3. The fourth-order valence-electron chi connectivity index (χ4n) is 3.46. The van der Waals surface area contributed by atoms with Gasteiger partial charge in [0.25, 0.3) is 10.0 Å². The van der Waals surface area contributed by atoms with E-state index in [0.717, 1.165) is 9.69 Å². The van der Waals surface area contributed by atoms with Crippen molar-refractivity contribution in [3.05, 3.63) is 59.6 Å². The third-order valence-electron chi connectivity index (χ3n) is 4.77. The van der Waals surface area contributed by atoms with Crippen molar-refractivity contribution >= 4 is 49.7 Å². The van der Waals surface area contributed by atoms with Crippen LogP contribution < -0.4 is 14.4 Å². The zero-order valence-electron chi connectivity index (χ0n) is 15.1. The Morgan fingerprint density at radius 3 is 2.57 bits per heavy atom. The van der Waals surface area contributed by atoms with Gasteiger partial charge in [-0.2, -0.15) is 0 Å². The van der Waals surface area contributed by atoms with Gasteiger partial charge in [0.1, 0.15) is 11.8 Å². The lowest BCUT2D eigenvalue weighted by Crippen LogP contribution is -2.44. The second kappa shape index (κ2) is 6.68. The molecule has 3 aromatic rings. The number of halogens is 1. The minimum atomic E-state index is -3.84. The van der Waals surface area contributed by atoms with Crippen LogP contribution in [0.2, 0.25) is 5.02 Å². The first kappa shape index (κ1) is 18.6. The molecular weight excluding hydrogens is 400 g/mol. The third-order valence-corrected chi connectivity index (χ3v) is 6.93. The van der Waals surface area contributed by atoms with Gasteiger partial charge in [0.05, 0.1) is 23.4 Å². The van der Waals surface area contributed by atoms with E-state index in [1.165, 1.54) is 7.11 Å². The van der Waals surface area contributed by atoms with E-state index < -0.39 is 22.0 Å². The molecule has 0 unspecified atom stereocenters. The predicted molar refractivity (Wildman–Crippen MR) is 110 cm³/mol. The van der Waals surface area contributed by atoms with Crippen molar-refractivity contribution in [2.75, 3.05) is 16.7 Å². The fraction of sp³-hybridized carbons (Fsp3) is 0.150. The van der Waals surface area contributed by atoms with Crippen LogP contribution in [0.5, 0.6) is 5.75 Å². The Hall–Kier alpha value is -2.77. The van der Waals surface area contributed by atoms with Gasteiger partial charge >= 0.3 is 0 Å². The van der Waals surface area contributed by atoms with Gasteiger partial charge in [0, 0.05) is 10.4 Å². The molecule has 0 saturated carbocycles. The summed E-state index contributed by atoms with van der Waals surface area (Å²) in [6.07, 6.45) is 0. The van der Waals surface area contributed by atoms with Crippen molar-refractivity contribution in [1.82, 2.24) is 0 Å². The van der Waals surface area contributed by atoms with Crippen molar-refractivity contribution in [2.24, 2.45) is 0 Å². The molecule has 0 saturated heterocycles. The first-order valence-corrected chi connectivity index (χ1v) is 10.4. The highest BCUT2D eigenvalue weighted by molar-refractivity contribution is 7.93. The molecule has 1 N–H and O–H groups in total. The van der Waals surface area contributed by atoms with Crippen LogP contribution in [0, 0.1) is 0 Å². The van der Waals surface area contributed by atoms with Crippen LogP contribution >= 0.6 is 11.6 Å². The largest absolute Gasteiger partial charge is 0.495 e. The molecule has 0 fully saturated rings. The van der Waals surface area contributed by atoms with E-state index in [-0.39, 0.29) is 4.90 Å². The molecule has 144 valence electrons. The number of carbonyl (C=O) groups excluding carboxylic acids is 1. The number of rotatable bonds is 4. The van der Waals surface area contributed by atoms with Crippen LogP contribution in [-0.2, 0) is 14.8 Å². The zero-order valence-corrected chi connectivity index (χ0v) is 16.7. The summed E-state index contributed by atoms with van der Waals surface area (Å²) in [6, 6.07) is 14.3. The number of nitrogens with zero attached hydrogens (tertiary/aromatic N) is 1. The number of hydrogen-bond acceptors (Lipinski definition) is 4. The smallest absolute Gasteiger partial charge is 0.265 e. The Morgan fingerprint density at radius 2 is 1.86 bits per heavy atom. The molecule has 28 heavy (non-hydrogen) atoms. The second-order valence-electron chi connectivity index (χ2n) is 6.44. The van der Waals surface area contributed by atoms with Crippen molar-refractivity contribution < 1.29 is 17.9 Å². The summed E-state index contributed by atoms with van der Waals surface area (Å²) in [7, 11) is -2.37. The highest BCUT2D eigenvalue weighted by atomic mass is 35.5. The summed E-state index contributed by atoms with van der Waals surface area (Å²) in [5.74, 6) is -0.0615. The molecule has 3 aromatic carbocycles. The quantitative estimate of drug-likeness (QED) is 0.696. The summed E-state index contributed by atoms with van der Waals surface area (Å²) in [4.78, 5) is 13.1. The average Bonchev–Trinajstić information content (AvgIpc) is 2.90. The normalized spacial score (nSPS) is 15.5. The SMILES string of the molecule is COc1ccc(Cl)cc1NC(=O)[C@@H](C)N1c2cccc3cccc(c23)S1(=O)=O. The molecule has 0 bridgehead atoms. The fourth-order valence-corrected chi connectivity index (χ4v) is 5.50. The van der Waals surface area contributed by atoms with Gasteiger partial charge < -0.3 is 10.1 Å². The van der Waals surface area contributed by atoms with Crippen LogP contribution in [0.4, 0.5) is 11.4 Å². The Labute approximate surface area is 167 Å². The van der Waals surface area contributed by atoms with Gasteiger partial charge in [0.15, 0.2) is 0 Å². The first-order chi connectivity index (χ1) is 13.3. The lowest BCUT2D eigenvalue weighted by molar-refractivity contribution is -0.116. The Balaban J connectivity index is 1.73. The first-order valence-electron chi connectivity index (χ1n) is 8.55. The van der Waals surface area contributed by atoms with Gasteiger partial charge in [-0.25, -0.2) is 8.42 Å². The van der Waals surface area contributed by atoms with Crippen LogP contribution in [-0.4, -0.2) is 27.5 Å². The third kappa shape index (κ3) is 2.78. The predicted octanol–water partition coefficient (Wildman–Crippen LogP) is 4.04. The maximum Gasteiger partial charge on any atom is 0.265 e. The Morgan fingerprint density at radius 1 is 1.14 bits per heavy atom. The maximum atomic E-state index is 13.1. The van der Waals surface area contributed by atoms with E-state index in [0.29, 0.717) is 27.5 Å². The number of hydrogen-bond donors (Lipinski definition) is 1. The lowest BCUT2D eigenvalue weighted by atomic mass is 10.1. The van der Waals surface area contributed by atoms with Gasteiger partial charge in [-0.1, -0.05) is 35.9 Å². The summed E-state index contributed by atoms with van der Waals surface area (Å²) < 4.78 is 32.7. The van der Waals surface area contributed by atoms with Crippen molar-refractivity contribution in [2.45, 2.75) is 17.9 Å². The van der Waals surface area contributed by atoms with E-state index in [2.05, 4.69) is 5.32 Å². The summed E-state index contributed by atoms with van der Waals surface area (Å²) >= 11 is 6.01. The summed E-state index contributed by atoms with van der Waals surface area (Å²) in [5, 5.41) is 4.59. The standard InChI is InChI=1S/C20H17ClN2O4S/c1-12(20(24)22-15-11-14(21)9-10-17(15)27-2)23-16-7-3-5-13-6-4-8-18(19(13)16)28(23,25)26/h3-12H,1-2H3,(H,22,24)/t12-/m1/s1.